The van der Waals surface area contributed by atoms with Crippen LogP contribution in [0.1, 0.15) is 32.6 Å². The Morgan fingerprint density at radius 3 is 2.15 bits per heavy atom. The van der Waals surface area contributed by atoms with Gasteiger partial charge in [-0.15, -0.1) is 0 Å². The fraction of sp³-hybridized carbons (Fsp3) is 0.174. The van der Waals surface area contributed by atoms with Gasteiger partial charge < -0.3 is 4.74 Å². The van der Waals surface area contributed by atoms with E-state index in [4.69, 9.17) is 4.74 Å². The molecule has 0 heterocycles. The fourth-order valence-electron chi connectivity index (χ4n) is 2.67. The molecule has 0 aromatic heterocycles. The SMILES string of the molecule is Cc1ccccc1CSCc1ccc(OC(=O)c2ccccc2C)cc1. The van der Waals surface area contributed by atoms with Crippen LogP contribution in [0.4, 0.5) is 0 Å². The lowest BCUT2D eigenvalue weighted by molar-refractivity contribution is 0.0734. The second kappa shape index (κ2) is 8.72. The monoisotopic (exact) mass is 362 g/mol. The van der Waals surface area contributed by atoms with Gasteiger partial charge in [0.1, 0.15) is 5.75 Å². The summed E-state index contributed by atoms with van der Waals surface area (Å²) >= 11 is 1.88. The minimum Gasteiger partial charge on any atom is -0.423 e. The van der Waals surface area contributed by atoms with Gasteiger partial charge in [-0.05, 0) is 54.3 Å². The average Bonchev–Trinajstić information content (AvgIpc) is 2.65. The van der Waals surface area contributed by atoms with Crippen molar-refractivity contribution in [3.63, 3.8) is 0 Å². The number of carbonyl (C=O) groups is 1. The molecule has 0 spiro atoms. The molecule has 0 saturated carbocycles. The molecule has 0 atom stereocenters. The molecule has 132 valence electrons. The fourth-order valence-corrected chi connectivity index (χ4v) is 3.74. The second-order valence-corrected chi connectivity index (χ2v) is 7.25. The van der Waals surface area contributed by atoms with Gasteiger partial charge >= 0.3 is 5.97 Å². The number of rotatable bonds is 6. The lowest BCUT2D eigenvalue weighted by Gasteiger charge is -2.08. The first-order chi connectivity index (χ1) is 12.6. The van der Waals surface area contributed by atoms with E-state index in [1.165, 1.54) is 16.7 Å². The zero-order valence-electron chi connectivity index (χ0n) is 15.1. The lowest BCUT2D eigenvalue weighted by Crippen LogP contribution is -2.09. The molecule has 0 radical (unpaired) electrons. The van der Waals surface area contributed by atoms with Gasteiger partial charge in [-0.25, -0.2) is 4.79 Å². The van der Waals surface area contributed by atoms with Gasteiger partial charge in [0.15, 0.2) is 0 Å². The van der Waals surface area contributed by atoms with Crippen LogP contribution in [0.5, 0.6) is 5.75 Å². The highest BCUT2D eigenvalue weighted by atomic mass is 32.2. The van der Waals surface area contributed by atoms with E-state index in [1.54, 1.807) is 6.07 Å². The van der Waals surface area contributed by atoms with Gasteiger partial charge in [-0.3, -0.25) is 0 Å². The first kappa shape index (κ1) is 18.3. The number of hydrogen-bond acceptors (Lipinski definition) is 3. The van der Waals surface area contributed by atoms with Crippen molar-refractivity contribution >= 4 is 17.7 Å². The Morgan fingerprint density at radius 1 is 0.808 bits per heavy atom. The van der Waals surface area contributed by atoms with Gasteiger partial charge in [-0.2, -0.15) is 11.8 Å². The van der Waals surface area contributed by atoms with Gasteiger partial charge in [0.25, 0.3) is 0 Å². The third kappa shape index (κ3) is 4.77. The van der Waals surface area contributed by atoms with Gasteiger partial charge in [-0.1, -0.05) is 54.6 Å². The summed E-state index contributed by atoms with van der Waals surface area (Å²) in [5.74, 6) is 2.19. The van der Waals surface area contributed by atoms with Crippen molar-refractivity contribution in [1.82, 2.24) is 0 Å². The third-order valence-corrected chi connectivity index (χ3v) is 5.34. The first-order valence-corrected chi connectivity index (χ1v) is 9.78. The predicted molar refractivity (Wildman–Crippen MR) is 109 cm³/mol. The van der Waals surface area contributed by atoms with Crippen LogP contribution in [-0.2, 0) is 11.5 Å². The van der Waals surface area contributed by atoms with Crippen molar-refractivity contribution < 1.29 is 9.53 Å². The van der Waals surface area contributed by atoms with E-state index < -0.39 is 0 Å². The Hall–Kier alpha value is -2.52. The lowest BCUT2D eigenvalue weighted by atomic mass is 10.1. The summed E-state index contributed by atoms with van der Waals surface area (Å²) < 4.78 is 5.48. The number of esters is 1. The average molecular weight is 362 g/mol. The number of ether oxygens (including phenoxy) is 1. The number of thioether (sulfide) groups is 1. The number of benzene rings is 3. The predicted octanol–water partition coefficient (Wildman–Crippen LogP) is 5.96. The summed E-state index contributed by atoms with van der Waals surface area (Å²) in [4.78, 5) is 12.3. The molecule has 3 aromatic rings. The molecule has 0 bridgehead atoms. The van der Waals surface area contributed by atoms with E-state index in [1.807, 2.05) is 61.2 Å². The van der Waals surface area contributed by atoms with Crippen LogP contribution in [-0.4, -0.2) is 5.97 Å². The molecule has 0 fully saturated rings. The van der Waals surface area contributed by atoms with Crippen molar-refractivity contribution in [1.29, 1.82) is 0 Å². The van der Waals surface area contributed by atoms with E-state index in [9.17, 15) is 4.79 Å². The van der Waals surface area contributed by atoms with Crippen molar-refractivity contribution in [3.8, 4) is 5.75 Å². The molecule has 3 heteroatoms. The molecule has 3 rings (SSSR count). The number of carbonyl (C=O) groups excluding carboxylic acids is 1. The second-order valence-electron chi connectivity index (χ2n) is 6.27. The molecule has 26 heavy (non-hydrogen) atoms. The molecular weight excluding hydrogens is 340 g/mol. The Balaban J connectivity index is 1.54. The summed E-state index contributed by atoms with van der Waals surface area (Å²) in [5, 5.41) is 0. The quantitative estimate of drug-likeness (QED) is 0.400. The molecule has 2 nitrogen and oxygen atoms in total. The minimum atomic E-state index is -0.315. The summed E-state index contributed by atoms with van der Waals surface area (Å²) in [6.07, 6.45) is 0. The van der Waals surface area contributed by atoms with Gasteiger partial charge in [0.2, 0.25) is 0 Å². The van der Waals surface area contributed by atoms with Crippen molar-refractivity contribution in [2.24, 2.45) is 0 Å². The zero-order valence-corrected chi connectivity index (χ0v) is 15.9. The highest BCUT2D eigenvalue weighted by molar-refractivity contribution is 7.97. The standard InChI is InChI=1S/C23H22O2S/c1-17-7-3-5-9-20(17)16-26-15-19-11-13-21(14-12-19)25-23(24)22-10-6-4-8-18(22)2/h3-14H,15-16H2,1-2H3. The maximum atomic E-state index is 12.3. The number of aryl methyl sites for hydroxylation is 2. The van der Waals surface area contributed by atoms with Crippen LogP contribution >= 0.6 is 11.8 Å². The van der Waals surface area contributed by atoms with Crippen molar-refractivity contribution in [3.05, 3.63) is 101 Å². The van der Waals surface area contributed by atoms with Gasteiger partial charge in [0.05, 0.1) is 5.56 Å². The minimum absolute atomic E-state index is 0.315. The van der Waals surface area contributed by atoms with Crippen LogP contribution in [0.15, 0.2) is 72.8 Å². The maximum absolute atomic E-state index is 12.3. The molecule has 0 saturated heterocycles. The Bertz CT molecular complexity index is 885. The van der Waals surface area contributed by atoms with E-state index >= 15 is 0 Å². The van der Waals surface area contributed by atoms with Crippen LogP contribution in [0.2, 0.25) is 0 Å². The molecule has 0 aliphatic heterocycles. The summed E-state index contributed by atoms with van der Waals surface area (Å²) in [6.45, 7) is 4.05. The smallest absolute Gasteiger partial charge is 0.343 e. The molecule has 3 aromatic carbocycles. The van der Waals surface area contributed by atoms with Crippen molar-refractivity contribution in [2.45, 2.75) is 25.4 Å². The normalized spacial score (nSPS) is 10.5. The highest BCUT2D eigenvalue weighted by Crippen LogP contribution is 2.22. The summed E-state index contributed by atoms with van der Waals surface area (Å²) in [5.41, 5.74) is 5.45. The topological polar surface area (TPSA) is 26.3 Å². The molecule has 0 unspecified atom stereocenters. The first-order valence-electron chi connectivity index (χ1n) is 8.62. The largest absolute Gasteiger partial charge is 0.423 e. The molecule has 0 aliphatic carbocycles. The van der Waals surface area contributed by atoms with Crippen LogP contribution in [0.25, 0.3) is 0 Å². The molecule has 0 N–H and O–H groups in total. The zero-order chi connectivity index (χ0) is 18.4. The van der Waals surface area contributed by atoms with Gasteiger partial charge in [0, 0.05) is 11.5 Å². The van der Waals surface area contributed by atoms with Crippen LogP contribution in [0, 0.1) is 13.8 Å². The van der Waals surface area contributed by atoms with E-state index in [-0.39, 0.29) is 5.97 Å². The van der Waals surface area contributed by atoms with Crippen LogP contribution in [0.3, 0.4) is 0 Å². The molecular formula is C23H22O2S. The molecule has 0 aliphatic rings. The van der Waals surface area contributed by atoms with E-state index in [2.05, 4.69) is 31.2 Å². The highest BCUT2D eigenvalue weighted by Gasteiger charge is 2.10. The van der Waals surface area contributed by atoms with Crippen LogP contribution < -0.4 is 4.74 Å². The van der Waals surface area contributed by atoms with Crippen molar-refractivity contribution in [2.75, 3.05) is 0 Å². The van der Waals surface area contributed by atoms with E-state index in [0.29, 0.717) is 11.3 Å². The van der Waals surface area contributed by atoms with E-state index in [0.717, 1.165) is 17.1 Å². The Kier molecular flexibility index (Phi) is 6.13. The number of hydrogen-bond donors (Lipinski definition) is 0. The maximum Gasteiger partial charge on any atom is 0.343 e. The Morgan fingerprint density at radius 2 is 1.46 bits per heavy atom. The summed E-state index contributed by atoms with van der Waals surface area (Å²) in [7, 11) is 0. The Labute approximate surface area is 159 Å². The third-order valence-electron chi connectivity index (χ3n) is 4.29. The molecule has 0 amide bonds. The summed E-state index contributed by atoms with van der Waals surface area (Å²) in [6, 6.07) is 23.7.